The second-order valence-electron chi connectivity index (χ2n) is 1.92. The van der Waals surface area contributed by atoms with Crippen molar-refractivity contribution < 1.29 is 14.7 Å². The predicted molar refractivity (Wildman–Crippen MR) is 41.2 cm³/mol. The Kier molecular flexibility index (Phi) is 4.73. The van der Waals surface area contributed by atoms with Crippen LogP contribution in [0, 0.1) is 0 Å². The maximum atomic E-state index is 10.6. The summed E-state index contributed by atoms with van der Waals surface area (Å²) in [6, 6.07) is 0. The monoisotopic (exact) mass is 154 g/mol. The molecule has 0 fully saturated rings. The fourth-order valence-electron chi connectivity index (χ4n) is 0.482. The lowest BCUT2D eigenvalue weighted by Crippen LogP contribution is -2.02. The Balaban J connectivity index is 3.78. The average Bonchev–Trinajstić information content (AvgIpc) is 1.86. The highest BCUT2D eigenvalue weighted by atomic mass is 16.4. The second kappa shape index (κ2) is 5.41. The van der Waals surface area contributed by atoms with Crippen molar-refractivity contribution in [3.05, 3.63) is 24.3 Å². The van der Waals surface area contributed by atoms with Crippen molar-refractivity contribution in [1.82, 2.24) is 0 Å². The zero-order valence-corrected chi connectivity index (χ0v) is 6.28. The van der Waals surface area contributed by atoms with Gasteiger partial charge in [0.15, 0.2) is 5.78 Å². The molecule has 3 heteroatoms. The first kappa shape index (κ1) is 9.62. The third-order valence-corrected chi connectivity index (χ3v) is 0.911. The molecule has 0 aliphatic rings. The van der Waals surface area contributed by atoms with Crippen LogP contribution in [0.4, 0.5) is 0 Å². The predicted octanol–water partition coefficient (Wildman–Crippen LogP) is 1.16. The molecule has 0 atom stereocenters. The number of rotatable bonds is 4. The molecule has 3 nitrogen and oxygen atoms in total. The summed E-state index contributed by atoms with van der Waals surface area (Å²) in [5, 5.41) is 8.17. The highest BCUT2D eigenvalue weighted by Crippen LogP contribution is 1.86. The van der Waals surface area contributed by atoms with Crippen LogP contribution in [0.25, 0.3) is 0 Å². The van der Waals surface area contributed by atoms with Crippen LogP contribution >= 0.6 is 0 Å². The quantitative estimate of drug-likeness (QED) is 0.375. The van der Waals surface area contributed by atoms with Crippen LogP contribution < -0.4 is 0 Å². The molecule has 0 saturated heterocycles. The number of hydrogen-bond acceptors (Lipinski definition) is 2. The van der Waals surface area contributed by atoms with Gasteiger partial charge in [0.05, 0.1) is 0 Å². The highest BCUT2D eigenvalue weighted by molar-refractivity contribution is 6.01. The number of hydrogen-bond donors (Lipinski definition) is 1. The van der Waals surface area contributed by atoms with Crippen LogP contribution in [0.2, 0.25) is 0 Å². The maximum absolute atomic E-state index is 10.6. The summed E-state index contributed by atoms with van der Waals surface area (Å²) < 4.78 is 0. The molecule has 0 radical (unpaired) electrons. The van der Waals surface area contributed by atoms with Crippen LogP contribution in [-0.4, -0.2) is 16.9 Å². The van der Waals surface area contributed by atoms with Crippen molar-refractivity contribution >= 4 is 11.8 Å². The lowest BCUT2D eigenvalue weighted by molar-refractivity contribution is -0.139. The molecule has 0 saturated carbocycles. The Bertz CT molecular complexity index is 201. The Hall–Kier alpha value is -1.38. The molecule has 0 aliphatic heterocycles. The van der Waals surface area contributed by atoms with Gasteiger partial charge >= 0.3 is 5.97 Å². The minimum Gasteiger partial charge on any atom is -0.481 e. The van der Waals surface area contributed by atoms with Gasteiger partial charge in [-0.15, -0.1) is 0 Å². The molecule has 0 unspecified atom stereocenters. The summed E-state index contributed by atoms with van der Waals surface area (Å²) in [4.78, 5) is 20.6. The largest absolute Gasteiger partial charge is 0.481 e. The Labute approximate surface area is 65.0 Å². The van der Waals surface area contributed by atoms with Crippen LogP contribution in [-0.2, 0) is 9.59 Å². The van der Waals surface area contributed by atoms with Crippen LogP contribution in [0.1, 0.15) is 13.3 Å². The average molecular weight is 154 g/mol. The zero-order valence-electron chi connectivity index (χ0n) is 6.28. The summed E-state index contributed by atoms with van der Waals surface area (Å²) in [5.41, 5.74) is 0. The van der Waals surface area contributed by atoms with Gasteiger partial charge in [0.25, 0.3) is 0 Å². The van der Waals surface area contributed by atoms with E-state index in [0.29, 0.717) is 0 Å². The van der Waals surface area contributed by atoms with E-state index in [2.05, 4.69) is 0 Å². The van der Waals surface area contributed by atoms with E-state index in [1.54, 1.807) is 12.2 Å². The van der Waals surface area contributed by atoms with Crippen molar-refractivity contribution in [2.24, 2.45) is 0 Å². The molecule has 0 aromatic heterocycles. The topological polar surface area (TPSA) is 54.4 Å². The molecule has 0 aromatic rings. The van der Waals surface area contributed by atoms with E-state index in [-0.39, 0.29) is 0 Å². The number of ketones is 1. The van der Waals surface area contributed by atoms with Crippen molar-refractivity contribution in [2.45, 2.75) is 13.3 Å². The van der Waals surface area contributed by atoms with E-state index in [0.717, 1.165) is 0 Å². The Morgan fingerprint density at radius 1 is 1.36 bits per heavy atom. The minimum absolute atomic E-state index is 0.393. The fraction of sp³-hybridized carbons (Fsp3) is 0.250. The number of aliphatic carboxylic acids is 1. The van der Waals surface area contributed by atoms with Gasteiger partial charge in [-0.05, 0) is 13.0 Å². The van der Waals surface area contributed by atoms with Crippen molar-refractivity contribution in [3.63, 3.8) is 0 Å². The van der Waals surface area contributed by atoms with Crippen LogP contribution in [0.5, 0.6) is 0 Å². The molecular formula is C8H10O3. The van der Waals surface area contributed by atoms with Gasteiger partial charge in [0.1, 0.15) is 6.42 Å². The zero-order chi connectivity index (χ0) is 8.69. The summed E-state index contributed by atoms with van der Waals surface area (Å²) in [6.07, 6.45) is 5.75. The first-order valence-corrected chi connectivity index (χ1v) is 3.20. The Morgan fingerprint density at radius 2 is 2.00 bits per heavy atom. The van der Waals surface area contributed by atoms with E-state index in [9.17, 15) is 9.59 Å². The van der Waals surface area contributed by atoms with E-state index in [4.69, 9.17) is 5.11 Å². The SMILES string of the molecule is C/C=C/C=C/C(=O)CC(=O)O. The molecule has 1 N–H and O–H groups in total. The summed E-state index contributed by atoms with van der Waals surface area (Å²) in [7, 11) is 0. The molecule has 0 rings (SSSR count). The van der Waals surface area contributed by atoms with Crippen molar-refractivity contribution in [3.8, 4) is 0 Å². The summed E-state index contributed by atoms with van der Waals surface area (Å²) >= 11 is 0. The highest BCUT2D eigenvalue weighted by Gasteiger charge is 2.01. The minimum atomic E-state index is -1.10. The molecular weight excluding hydrogens is 144 g/mol. The van der Waals surface area contributed by atoms with Gasteiger partial charge in [-0.1, -0.05) is 18.2 Å². The molecule has 11 heavy (non-hydrogen) atoms. The van der Waals surface area contributed by atoms with Gasteiger partial charge in [-0.25, -0.2) is 0 Å². The van der Waals surface area contributed by atoms with Gasteiger partial charge in [0, 0.05) is 0 Å². The molecule has 0 spiro atoms. The van der Waals surface area contributed by atoms with Gasteiger partial charge in [0.2, 0.25) is 0 Å². The third-order valence-electron chi connectivity index (χ3n) is 0.911. The first-order valence-electron chi connectivity index (χ1n) is 3.20. The molecule has 0 heterocycles. The van der Waals surface area contributed by atoms with E-state index in [1.165, 1.54) is 12.2 Å². The number of carbonyl (C=O) groups excluding carboxylic acids is 1. The number of allylic oxidation sites excluding steroid dienone is 4. The number of carboxylic acids is 1. The first-order chi connectivity index (χ1) is 5.16. The molecule has 0 aliphatic carbocycles. The van der Waals surface area contributed by atoms with Gasteiger partial charge in [-0.3, -0.25) is 9.59 Å². The van der Waals surface area contributed by atoms with Crippen LogP contribution in [0.15, 0.2) is 24.3 Å². The van der Waals surface area contributed by atoms with E-state index >= 15 is 0 Å². The normalized spacial score (nSPS) is 11.0. The Morgan fingerprint density at radius 3 is 2.45 bits per heavy atom. The van der Waals surface area contributed by atoms with E-state index < -0.39 is 18.2 Å². The lowest BCUT2D eigenvalue weighted by Gasteiger charge is -1.84. The molecule has 60 valence electrons. The van der Waals surface area contributed by atoms with Gasteiger partial charge in [-0.2, -0.15) is 0 Å². The maximum Gasteiger partial charge on any atom is 0.311 e. The van der Waals surface area contributed by atoms with Gasteiger partial charge < -0.3 is 5.11 Å². The lowest BCUT2D eigenvalue weighted by atomic mass is 10.2. The molecule has 0 aromatic carbocycles. The summed E-state index contributed by atoms with van der Waals surface area (Å²) in [5.74, 6) is -1.49. The van der Waals surface area contributed by atoms with Crippen molar-refractivity contribution in [2.75, 3.05) is 0 Å². The smallest absolute Gasteiger partial charge is 0.311 e. The fourth-order valence-corrected chi connectivity index (χ4v) is 0.482. The number of carbonyl (C=O) groups is 2. The van der Waals surface area contributed by atoms with Crippen LogP contribution in [0.3, 0.4) is 0 Å². The molecule has 0 bridgehead atoms. The van der Waals surface area contributed by atoms with E-state index in [1.807, 2.05) is 6.92 Å². The van der Waals surface area contributed by atoms with Crippen molar-refractivity contribution in [1.29, 1.82) is 0 Å². The summed E-state index contributed by atoms with van der Waals surface area (Å²) in [6.45, 7) is 1.81. The second-order valence-corrected chi connectivity index (χ2v) is 1.92. The molecule has 0 amide bonds. The standard InChI is InChI=1S/C8H10O3/c1-2-3-4-5-7(9)6-8(10)11/h2-5H,6H2,1H3,(H,10,11)/b3-2+,5-4+. The number of carboxylic acid groups (broad SMARTS) is 1. The third kappa shape index (κ3) is 6.51.